The number of hydrogen-bond donors (Lipinski definition) is 0. The summed E-state index contributed by atoms with van der Waals surface area (Å²) in [4.78, 5) is 6.43. The van der Waals surface area contributed by atoms with Gasteiger partial charge >= 0.3 is 0 Å². The molecule has 1 aliphatic heterocycles. The van der Waals surface area contributed by atoms with E-state index in [1.807, 2.05) is 37.9 Å². The predicted molar refractivity (Wildman–Crippen MR) is 113 cm³/mol. The predicted octanol–water partition coefficient (Wildman–Crippen LogP) is 4.85. The zero-order chi connectivity index (χ0) is 21.0. The second-order valence-corrected chi connectivity index (χ2v) is 7.55. The monoisotopic (exact) mass is 420 g/mol. The highest BCUT2D eigenvalue weighted by Gasteiger charge is 2.43. The zero-order valence-electron chi connectivity index (χ0n) is 17.2. The molecule has 0 N–H and O–H groups in total. The van der Waals surface area contributed by atoms with E-state index < -0.39 is 11.4 Å². The summed E-state index contributed by atoms with van der Waals surface area (Å²) >= 11 is 6.49. The van der Waals surface area contributed by atoms with Crippen LogP contribution in [0, 0.1) is 12.7 Å². The molecular formula is C22H26ClFN2O3. The van der Waals surface area contributed by atoms with E-state index in [0.29, 0.717) is 29.5 Å². The Balaban J connectivity index is 1.84. The van der Waals surface area contributed by atoms with E-state index in [-0.39, 0.29) is 12.4 Å². The lowest BCUT2D eigenvalue weighted by atomic mass is 9.88. The van der Waals surface area contributed by atoms with Crippen molar-refractivity contribution >= 4 is 23.6 Å². The number of benzene rings is 2. The molecule has 0 saturated carbocycles. The molecule has 29 heavy (non-hydrogen) atoms. The van der Waals surface area contributed by atoms with Crippen LogP contribution >= 0.6 is 11.6 Å². The fraction of sp³-hybridized carbons (Fsp3) is 0.409. The molecule has 0 aliphatic carbocycles. The van der Waals surface area contributed by atoms with Gasteiger partial charge < -0.3 is 19.1 Å². The molecule has 1 heterocycles. The first kappa shape index (κ1) is 21.6. The Morgan fingerprint density at radius 2 is 2.10 bits per heavy atom. The van der Waals surface area contributed by atoms with Gasteiger partial charge in [-0.1, -0.05) is 23.7 Å². The summed E-state index contributed by atoms with van der Waals surface area (Å²) in [5.74, 6) is -0.214. The summed E-state index contributed by atoms with van der Waals surface area (Å²) in [5, 5.41) is 0.536. The van der Waals surface area contributed by atoms with Gasteiger partial charge in [-0.2, -0.15) is 0 Å². The van der Waals surface area contributed by atoms with Crippen LogP contribution in [0.2, 0.25) is 5.02 Å². The van der Waals surface area contributed by atoms with Crippen LogP contribution in [0.25, 0.3) is 0 Å². The number of hydrogen-bond acceptors (Lipinski definition) is 4. The smallest absolute Gasteiger partial charge is 0.170 e. The lowest BCUT2D eigenvalue weighted by Crippen LogP contribution is -2.49. The molecule has 1 saturated heterocycles. The first-order valence-corrected chi connectivity index (χ1v) is 9.86. The average Bonchev–Trinajstić information content (AvgIpc) is 2.69. The maximum Gasteiger partial charge on any atom is 0.170 e. The molecule has 0 unspecified atom stereocenters. The van der Waals surface area contributed by atoms with Crippen LogP contribution in [0.3, 0.4) is 0 Å². The summed E-state index contributed by atoms with van der Waals surface area (Å²) in [6, 6.07) is 8.83. The van der Waals surface area contributed by atoms with Gasteiger partial charge in [-0.25, -0.2) is 9.38 Å². The molecule has 0 spiro atoms. The molecular weight excluding hydrogens is 395 g/mol. The maximum atomic E-state index is 14.5. The van der Waals surface area contributed by atoms with Crippen LogP contribution in [-0.4, -0.2) is 45.2 Å². The molecule has 2 aromatic rings. The van der Waals surface area contributed by atoms with Crippen LogP contribution in [0.5, 0.6) is 5.75 Å². The molecule has 0 radical (unpaired) electrons. The molecule has 1 fully saturated rings. The van der Waals surface area contributed by atoms with Crippen LogP contribution in [0.1, 0.15) is 23.6 Å². The van der Waals surface area contributed by atoms with Gasteiger partial charge in [0.1, 0.15) is 5.60 Å². The van der Waals surface area contributed by atoms with Gasteiger partial charge in [-0.3, -0.25) is 0 Å². The first-order valence-electron chi connectivity index (χ1n) is 9.48. The molecule has 0 bridgehead atoms. The quantitative estimate of drug-likeness (QED) is 0.452. The van der Waals surface area contributed by atoms with Gasteiger partial charge in [-0.15, -0.1) is 0 Å². The number of halogens is 2. The molecule has 7 heteroatoms. The van der Waals surface area contributed by atoms with Crippen molar-refractivity contribution in [3.8, 4) is 5.75 Å². The Labute approximate surface area is 176 Å². The highest BCUT2D eigenvalue weighted by atomic mass is 35.5. The SMILES string of the molecule is CCN(C)C=Nc1cc(C)c(C2(OCc3cccc(OC)c3F)COC2)cc1Cl. The Morgan fingerprint density at radius 3 is 2.72 bits per heavy atom. The molecule has 3 rings (SSSR count). The van der Waals surface area contributed by atoms with E-state index in [9.17, 15) is 4.39 Å². The third-order valence-corrected chi connectivity index (χ3v) is 5.42. The molecule has 5 nitrogen and oxygen atoms in total. The van der Waals surface area contributed by atoms with E-state index in [2.05, 4.69) is 4.99 Å². The molecule has 0 atom stereocenters. The standard InChI is InChI=1S/C22H26ClFN2O3/c1-5-26(3)14-25-19-9-15(2)17(10-18(19)23)22(12-28-13-22)29-11-16-7-6-8-20(27-4)21(16)24/h6-10,14H,5,11-13H2,1-4H3. The van der Waals surface area contributed by atoms with Gasteiger partial charge in [-0.05, 0) is 43.2 Å². The van der Waals surface area contributed by atoms with E-state index in [0.717, 1.165) is 17.7 Å². The van der Waals surface area contributed by atoms with Crippen molar-refractivity contribution in [3.63, 3.8) is 0 Å². The number of aliphatic imine (C=N–C) groups is 1. The Kier molecular flexibility index (Phi) is 6.77. The van der Waals surface area contributed by atoms with Crippen molar-refractivity contribution in [2.45, 2.75) is 26.1 Å². The van der Waals surface area contributed by atoms with E-state index in [1.54, 1.807) is 24.5 Å². The van der Waals surface area contributed by atoms with E-state index >= 15 is 0 Å². The van der Waals surface area contributed by atoms with Gasteiger partial charge in [0.25, 0.3) is 0 Å². The van der Waals surface area contributed by atoms with Crippen molar-refractivity contribution < 1.29 is 18.6 Å². The zero-order valence-corrected chi connectivity index (χ0v) is 17.9. The van der Waals surface area contributed by atoms with E-state index in [1.165, 1.54) is 7.11 Å². The summed E-state index contributed by atoms with van der Waals surface area (Å²) < 4.78 is 31.2. The highest BCUT2D eigenvalue weighted by molar-refractivity contribution is 6.33. The third-order valence-electron chi connectivity index (χ3n) is 5.12. The average molecular weight is 421 g/mol. The third kappa shape index (κ3) is 4.55. The minimum atomic E-state index is -0.661. The van der Waals surface area contributed by atoms with Crippen molar-refractivity contribution in [2.75, 3.05) is 33.9 Å². The Bertz CT molecular complexity index is 900. The normalized spacial score (nSPS) is 15.4. The van der Waals surface area contributed by atoms with Crippen molar-refractivity contribution in [2.24, 2.45) is 4.99 Å². The minimum Gasteiger partial charge on any atom is -0.494 e. The summed E-state index contributed by atoms with van der Waals surface area (Å²) in [6.07, 6.45) is 1.75. The van der Waals surface area contributed by atoms with Gasteiger partial charge in [0.15, 0.2) is 11.6 Å². The number of nitrogens with zero attached hydrogens (tertiary/aromatic N) is 2. The molecule has 0 aromatic heterocycles. The van der Waals surface area contributed by atoms with Gasteiger partial charge in [0.05, 0.1) is 44.0 Å². The van der Waals surface area contributed by atoms with Crippen LogP contribution < -0.4 is 4.74 Å². The number of ether oxygens (including phenoxy) is 3. The van der Waals surface area contributed by atoms with Crippen LogP contribution in [0.15, 0.2) is 35.3 Å². The van der Waals surface area contributed by atoms with Gasteiger partial charge in [0, 0.05) is 19.2 Å². The fourth-order valence-corrected chi connectivity index (χ4v) is 3.36. The van der Waals surface area contributed by atoms with Crippen molar-refractivity contribution in [1.29, 1.82) is 0 Å². The van der Waals surface area contributed by atoms with Crippen LogP contribution in [-0.2, 0) is 21.7 Å². The molecule has 2 aromatic carbocycles. The minimum absolute atomic E-state index is 0.102. The number of methoxy groups -OCH3 is 1. The lowest BCUT2D eigenvalue weighted by molar-refractivity contribution is -0.223. The second kappa shape index (κ2) is 9.11. The molecule has 0 amide bonds. The van der Waals surface area contributed by atoms with Crippen LogP contribution in [0.4, 0.5) is 10.1 Å². The molecule has 1 aliphatic rings. The van der Waals surface area contributed by atoms with Gasteiger partial charge in [0.2, 0.25) is 0 Å². The fourth-order valence-electron chi connectivity index (χ4n) is 3.14. The maximum absolute atomic E-state index is 14.5. The van der Waals surface area contributed by atoms with Crippen molar-refractivity contribution in [1.82, 2.24) is 4.90 Å². The highest BCUT2D eigenvalue weighted by Crippen LogP contribution is 2.40. The molecule has 156 valence electrons. The summed E-state index contributed by atoms with van der Waals surface area (Å²) in [6.45, 7) is 5.76. The topological polar surface area (TPSA) is 43.3 Å². The Hall–Kier alpha value is -2.15. The second-order valence-electron chi connectivity index (χ2n) is 7.15. The summed E-state index contributed by atoms with van der Waals surface area (Å²) in [7, 11) is 3.39. The van der Waals surface area contributed by atoms with Crippen molar-refractivity contribution in [3.05, 3.63) is 57.9 Å². The first-order chi connectivity index (χ1) is 13.9. The number of rotatable bonds is 8. The van der Waals surface area contributed by atoms with E-state index in [4.69, 9.17) is 25.8 Å². The lowest BCUT2D eigenvalue weighted by Gasteiger charge is -2.42. The largest absolute Gasteiger partial charge is 0.494 e. The summed E-state index contributed by atoms with van der Waals surface area (Å²) in [5.41, 5.74) is 2.40. The number of aryl methyl sites for hydroxylation is 1. The Morgan fingerprint density at radius 1 is 1.34 bits per heavy atom.